The Labute approximate surface area is 103 Å². The van der Waals surface area contributed by atoms with Crippen LogP contribution in [0.25, 0.3) is 10.8 Å². The van der Waals surface area contributed by atoms with Crippen LogP contribution in [0.2, 0.25) is 0 Å². The van der Waals surface area contributed by atoms with Crippen molar-refractivity contribution in [3.8, 4) is 0 Å². The van der Waals surface area contributed by atoms with E-state index < -0.39 is 0 Å². The Morgan fingerprint density at radius 1 is 1.06 bits per heavy atom. The average molecular weight is 229 g/mol. The molecule has 0 spiro atoms. The van der Waals surface area contributed by atoms with Gasteiger partial charge in [0.05, 0.1) is 6.42 Å². The molecule has 0 bridgehead atoms. The van der Waals surface area contributed by atoms with Gasteiger partial charge in [0.1, 0.15) is 0 Å². The molecule has 0 atom stereocenters. The van der Waals surface area contributed by atoms with Crippen LogP contribution < -0.4 is 5.32 Å². The molecule has 2 heteroatoms. The lowest BCUT2D eigenvalue weighted by molar-refractivity contribution is -0.119. The number of hydrogen-bond donors (Lipinski definition) is 1. The molecule has 0 saturated heterocycles. The highest BCUT2D eigenvalue weighted by Gasteiger charge is 2.04. The Morgan fingerprint density at radius 3 is 2.41 bits per heavy atom. The van der Waals surface area contributed by atoms with E-state index in [1.807, 2.05) is 44.2 Å². The number of carbonyl (C=O) groups excluding carboxylic acids is 1. The lowest BCUT2D eigenvalue weighted by Gasteiger charge is -2.05. The molecule has 0 saturated carbocycles. The van der Waals surface area contributed by atoms with Crippen molar-refractivity contribution in [3.05, 3.63) is 48.0 Å². The van der Waals surface area contributed by atoms with E-state index in [-0.39, 0.29) is 5.91 Å². The number of fused-ring (bicyclic) bond motifs is 1. The largest absolute Gasteiger partial charge is 0.359 e. The summed E-state index contributed by atoms with van der Waals surface area (Å²) in [6.45, 7) is 4.00. The highest BCUT2D eigenvalue weighted by molar-refractivity contribution is 5.90. The second-order valence-electron chi connectivity index (χ2n) is 3.49. The van der Waals surface area contributed by atoms with Gasteiger partial charge in [0.15, 0.2) is 0 Å². The van der Waals surface area contributed by atoms with Gasteiger partial charge in [-0.3, -0.25) is 4.79 Å². The Morgan fingerprint density at radius 2 is 1.71 bits per heavy atom. The van der Waals surface area contributed by atoms with Crippen molar-refractivity contribution in [1.29, 1.82) is 0 Å². The van der Waals surface area contributed by atoms with Gasteiger partial charge in [-0.2, -0.15) is 0 Å². The van der Waals surface area contributed by atoms with Gasteiger partial charge in [-0.1, -0.05) is 56.3 Å². The van der Waals surface area contributed by atoms with Crippen LogP contribution in [0.3, 0.4) is 0 Å². The fourth-order valence-corrected chi connectivity index (χ4v) is 1.71. The van der Waals surface area contributed by atoms with Crippen molar-refractivity contribution >= 4 is 16.7 Å². The summed E-state index contributed by atoms with van der Waals surface area (Å²) in [5, 5.41) is 4.97. The fourth-order valence-electron chi connectivity index (χ4n) is 1.71. The van der Waals surface area contributed by atoms with Crippen LogP contribution in [0.4, 0.5) is 0 Å². The molecule has 0 aliphatic heterocycles. The lowest BCUT2D eigenvalue weighted by Crippen LogP contribution is -2.19. The predicted octanol–water partition coefficient (Wildman–Crippen LogP) is 3.15. The van der Waals surface area contributed by atoms with Crippen LogP contribution in [-0.4, -0.2) is 13.0 Å². The normalized spacial score (nSPS) is 9.35. The molecule has 1 amide bonds. The van der Waals surface area contributed by atoms with Crippen LogP contribution in [0.5, 0.6) is 0 Å². The molecule has 17 heavy (non-hydrogen) atoms. The van der Waals surface area contributed by atoms with Gasteiger partial charge in [0.25, 0.3) is 0 Å². The van der Waals surface area contributed by atoms with Crippen molar-refractivity contribution in [2.45, 2.75) is 20.3 Å². The summed E-state index contributed by atoms with van der Waals surface area (Å²) in [6, 6.07) is 14.2. The molecule has 2 rings (SSSR count). The first kappa shape index (κ1) is 13.2. The van der Waals surface area contributed by atoms with Crippen molar-refractivity contribution in [2.75, 3.05) is 7.05 Å². The Kier molecular flexibility index (Phi) is 5.21. The number of likely N-dealkylation sites (N-methyl/N-ethyl adjacent to an activating group) is 1. The van der Waals surface area contributed by atoms with Crippen LogP contribution in [0.15, 0.2) is 42.5 Å². The zero-order valence-electron chi connectivity index (χ0n) is 10.7. The number of carbonyl (C=O) groups is 1. The number of rotatable bonds is 2. The van der Waals surface area contributed by atoms with E-state index >= 15 is 0 Å². The molecule has 0 fully saturated rings. The third-order valence-electron chi connectivity index (χ3n) is 2.51. The zero-order chi connectivity index (χ0) is 12.7. The Balaban J connectivity index is 0.000000686. The minimum Gasteiger partial charge on any atom is -0.359 e. The number of benzene rings is 2. The minimum atomic E-state index is 0.0475. The topological polar surface area (TPSA) is 29.1 Å². The zero-order valence-corrected chi connectivity index (χ0v) is 10.7. The van der Waals surface area contributed by atoms with E-state index in [0.717, 1.165) is 10.9 Å². The molecule has 2 aromatic carbocycles. The van der Waals surface area contributed by atoms with Crippen molar-refractivity contribution in [2.24, 2.45) is 0 Å². The highest BCUT2D eigenvalue weighted by atomic mass is 16.1. The van der Waals surface area contributed by atoms with Crippen molar-refractivity contribution < 1.29 is 4.79 Å². The summed E-state index contributed by atoms with van der Waals surface area (Å²) in [5.74, 6) is 0.0475. The number of hydrogen-bond acceptors (Lipinski definition) is 1. The number of nitrogens with one attached hydrogen (secondary N) is 1. The molecular weight excluding hydrogens is 210 g/mol. The molecule has 90 valence electrons. The van der Waals surface area contributed by atoms with Gasteiger partial charge in [-0.25, -0.2) is 0 Å². The maximum atomic E-state index is 11.3. The second kappa shape index (κ2) is 6.69. The van der Waals surface area contributed by atoms with E-state index in [9.17, 15) is 4.79 Å². The summed E-state index contributed by atoms with van der Waals surface area (Å²) in [4.78, 5) is 11.3. The molecule has 1 N–H and O–H groups in total. The van der Waals surface area contributed by atoms with Crippen LogP contribution in [0.1, 0.15) is 19.4 Å². The maximum Gasteiger partial charge on any atom is 0.224 e. The molecule has 0 unspecified atom stereocenters. The van der Waals surface area contributed by atoms with E-state index in [2.05, 4.69) is 17.4 Å². The first-order chi connectivity index (χ1) is 8.31. The molecule has 0 radical (unpaired) electrons. The standard InChI is InChI=1S/C13H13NO.C2H6/c1-14-13(15)9-11-7-4-6-10-5-2-3-8-12(10)11;1-2/h2-8H,9H2,1H3,(H,14,15);1-2H3. The van der Waals surface area contributed by atoms with Crippen LogP contribution in [0, 0.1) is 0 Å². The van der Waals surface area contributed by atoms with Gasteiger partial charge in [0, 0.05) is 7.05 Å². The van der Waals surface area contributed by atoms with E-state index in [4.69, 9.17) is 0 Å². The first-order valence-electron chi connectivity index (χ1n) is 5.98. The first-order valence-corrected chi connectivity index (χ1v) is 5.98. The van der Waals surface area contributed by atoms with Gasteiger partial charge in [-0.05, 0) is 16.3 Å². The highest BCUT2D eigenvalue weighted by Crippen LogP contribution is 2.18. The molecule has 0 heterocycles. The Bertz CT molecular complexity index is 486. The SMILES string of the molecule is CC.CNC(=O)Cc1cccc2ccccc12. The number of amides is 1. The van der Waals surface area contributed by atoms with Gasteiger partial charge in [0.2, 0.25) is 5.91 Å². The smallest absolute Gasteiger partial charge is 0.224 e. The summed E-state index contributed by atoms with van der Waals surface area (Å²) in [6.07, 6.45) is 0.442. The summed E-state index contributed by atoms with van der Waals surface area (Å²) >= 11 is 0. The molecule has 0 aromatic heterocycles. The van der Waals surface area contributed by atoms with E-state index in [0.29, 0.717) is 6.42 Å². The summed E-state index contributed by atoms with van der Waals surface area (Å²) in [5.41, 5.74) is 1.08. The molecule has 2 nitrogen and oxygen atoms in total. The monoisotopic (exact) mass is 229 g/mol. The third-order valence-corrected chi connectivity index (χ3v) is 2.51. The fraction of sp³-hybridized carbons (Fsp3) is 0.267. The molecular formula is C15H19NO. The average Bonchev–Trinajstić information content (AvgIpc) is 2.41. The van der Waals surface area contributed by atoms with E-state index in [1.165, 1.54) is 5.39 Å². The van der Waals surface area contributed by atoms with Crippen molar-refractivity contribution in [1.82, 2.24) is 5.32 Å². The summed E-state index contributed by atoms with van der Waals surface area (Å²) in [7, 11) is 1.66. The quantitative estimate of drug-likeness (QED) is 0.842. The van der Waals surface area contributed by atoms with E-state index in [1.54, 1.807) is 7.05 Å². The summed E-state index contributed by atoms with van der Waals surface area (Å²) < 4.78 is 0. The maximum absolute atomic E-state index is 11.3. The third kappa shape index (κ3) is 3.31. The molecule has 0 aliphatic carbocycles. The van der Waals surface area contributed by atoms with Gasteiger partial charge >= 0.3 is 0 Å². The minimum absolute atomic E-state index is 0.0475. The van der Waals surface area contributed by atoms with Gasteiger partial charge < -0.3 is 5.32 Å². The predicted molar refractivity (Wildman–Crippen MR) is 73.1 cm³/mol. The molecule has 2 aromatic rings. The lowest BCUT2D eigenvalue weighted by atomic mass is 10.0. The van der Waals surface area contributed by atoms with Crippen molar-refractivity contribution in [3.63, 3.8) is 0 Å². The van der Waals surface area contributed by atoms with Gasteiger partial charge in [-0.15, -0.1) is 0 Å². The second-order valence-corrected chi connectivity index (χ2v) is 3.49. The van der Waals surface area contributed by atoms with Crippen LogP contribution >= 0.6 is 0 Å². The Hall–Kier alpha value is -1.83. The van der Waals surface area contributed by atoms with Crippen LogP contribution in [-0.2, 0) is 11.2 Å². The molecule has 0 aliphatic rings.